The molecule has 0 amide bonds. The summed E-state index contributed by atoms with van der Waals surface area (Å²) in [5, 5.41) is 0. The Balaban J connectivity index is 1.46. The van der Waals surface area contributed by atoms with Gasteiger partial charge >= 0.3 is 0 Å². The first-order valence-electron chi connectivity index (χ1n) is 8.07. The first kappa shape index (κ1) is 16.2. The van der Waals surface area contributed by atoms with Crippen LogP contribution in [-0.2, 0) is 20.7 Å². The summed E-state index contributed by atoms with van der Waals surface area (Å²) in [4.78, 5) is 0.129. The van der Waals surface area contributed by atoms with Crippen molar-refractivity contribution in [2.75, 3.05) is 19.8 Å². The van der Waals surface area contributed by atoms with E-state index in [0.29, 0.717) is 18.1 Å². The van der Waals surface area contributed by atoms with Crippen LogP contribution < -0.4 is 14.2 Å². The molecule has 1 atom stereocenters. The number of rotatable bonds is 4. The molecular weight excluding hydrogens is 344 g/mol. The quantitative estimate of drug-likeness (QED) is 0.778. The predicted octanol–water partition coefficient (Wildman–Crippen LogP) is 2.48. The Hall–Kier alpha value is -2.25. The van der Waals surface area contributed by atoms with Gasteiger partial charge in [-0.15, -0.1) is 0 Å². The van der Waals surface area contributed by atoms with Crippen molar-refractivity contribution in [3.05, 3.63) is 47.5 Å². The molecule has 0 radical (unpaired) electrons. The summed E-state index contributed by atoms with van der Waals surface area (Å²) in [7, 11) is -3.83. The first-order chi connectivity index (χ1) is 12.0. The molecule has 0 aromatic heterocycles. The zero-order valence-corrected chi connectivity index (χ0v) is 14.5. The molecule has 0 saturated heterocycles. The van der Waals surface area contributed by atoms with Gasteiger partial charge in [-0.3, -0.25) is 4.18 Å². The molecule has 2 heterocycles. The van der Waals surface area contributed by atoms with Gasteiger partial charge in [0.2, 0.25) is 0 Å². The second-order valence-corrected chi connectivity index (χ2v) is 7.69. The van der Waals surface area contributed by atoms with Gasteiger partial charge in [0.05, 0.1) is 11.5 Å². The first-order valence-corrected chi connectivity index (χ1v) is 9.48. The van der Waals surface area contributed by atoms with Crippen molar-refractivity contribution < 1.29 is 26.8 Å². The van der Waals surface area contributed by atoms with Crippen LogP contribution >= 0.6 is 0 Å². The lowest BCUT2D eigenvalue weighted by molar-refractivity contribution is 0.0546. The minimum Gasteiger partial charge on any atom is -0.493 e. The molecule has 25 heavy (non-hydrogen) atoms. The van der Waals surface area contributed by atoms with Crippen LogP contribution in [0.25, 0.3) is 0 Å². The lowest BCUT2D eigenvalue weighted by Gasteiger charge is -2.27. The molecule has 2 aliphatic heterocycles. The zero-order chi connectivity index (χ0) is 17.4. The Morgan fingerprint density at radius 1 is 1.08 bits per heavy atom. The van der Waals surface area contributed by atoms with E-state index < -0.39 is 16.2 Å². The number of hydrogen-bond donors (Lipinski definition) is 0. The Labute approximate surface area is 146 Å². The molecule has 2 aromatic rings. The average molecular weight is 362 g/mol. The lowest BCUT2D eigenvalue weighted by Crippen LogP contribution is -2.34. The normalized spacial score (nSPS) is 18.5. The number of hydrogen-bond acceptors (Lipinski definition) is 6. The topological polar surface area (TPSA) is 71.1 Å². The van der Waals surface area contributed by atoms with Gasteiger partial charge in [-0.2, -0.15) is 8.42 Å². The second kappa shape index (κ2) is 6.24. The van der Waals surface area contributed by atoms with E-state index in [0.717, 1.165) is 23.3 Å². The zero-order valence-electron chi connectivity index (χ0n) is 13.7. The van der Waals surface area contributed by atoms with E-state index in [4.69, 9.17) is 18.4 Å². The molecule has 7 heteroatoms. The fraction of sp³-hybridized carbons (Fsp3) is 0.333. The maximum Gasteiger partial charge on any atom is 0.297 e. The Morgan fingerprint density at radius 2 is 1.84 bits per heavy atom. The summed E-state index contributed by atoms with van der Waals surface area (Å²) in [5.41, 5.74) is 1.94. The summed E-state index contributed by atoms with van der Waals surface area (Å²) in [6.07, 6.45) is 0.247. The largest absolute Gasteiger partial charge is 0.493 e. The van der Waals surface area contributed by atoms with Crippen LogP contribution in [0.15, 0.2) is 41.3 Å². The van der Waals surface area contributed by atoms with Crippen molar-refractivity contribution in [3.63, 3.8) is 0 Å². The molecular formula is C18H18O6S. The van der Waals surface area contributed by atoms with E-state index in [1.54, 1.807) is 18.2 Å². The lowest BCUT2D eigenvalue weighted by atomic mass is 10.1. The van der Waals surface area contributed by atoms with Crippen LogP contribution in [0.3, 0.4) is 0 Å². The van der Waals surface area contributed by atoms with Gasteiger partial charge in [0.15, 0.2) is 17.6 Å². The van der Waals surface area contributed by atoms with Crippen molar-refractivity contribution in [2.45, 2.75) is 24.3 Å². The SMILES string of the molecule is Cc1ccc(S(=O)(=O)OC[C@H]2COc3ccc4c(c3O2)CCO4)cc1. The second-order valence-electron chi connectivity index (χ2n) is 6.07. The fourth-order valence-electron chi connectivity index (χ4n) is 2.87. The van der Waals surface area contributed by atoms with Crippen LogP contribution in [0, 0.1) is 6.92 Å². The molecule has 0 N–H and O–H groups in total. The summed E-state index contributed by atoms with van der Waals surface area (Å²) in [6.45, 7) is 2.62. The minimum atomic E-state index is -3.83. The van der Waals surface area contributed by atoms with E-state index in [9.17, 15) is 8.42 Å². The van der Waals surface area contributed by atoms with Gasteiger partial charge in [0.25, 0.3) is 10.1 Å². The highest BCUT2D eigenvalue weighted by atomic mass is 32.2. The molecule has 6 nitrogen and oxygen atoms in total. The Kier molecular flexibility index (Phi) is 4.05. The standard InChI is InChI=1S/C18H18O6S/c1-12-2-4-14(5-3-12)25(19,20)23-11-13-10-22-17-7-6-16-15(8-9-21-16)18(17)24-13/h2-7,13H,8-11H2,1H3/t13-/m1/s1. The molecule has 2 aliphatic rings. The molecule has 0 unspecified atom stereocenters. The van der Waals surface area contributed by atoms with Gasteiger partial charge in [-0.25, -0.2) is 0 Å². The van der Waals surface area contributed by atoms with Gasteiger partial charge in [0.1, 0.15) is 19.0 Å². The number of fused-ring (bicyclic) bond motifs is 3. The van der Waals surface area contributed by atoms with E-state index >= 15 is 0 Å². The maximum absolute atomic E-state index is 12.3. The smallest absolute Gasteiger partial charge is 0.297 e. The maximum atomic E-state index is 12.3. The van der Waals surface area contributed by atoms with Gasteiger partial charge in [-0.05, 0) is 31.2 Å². The summed E-state index contributed by atoms with van der Waals surface area (Å²) < 4.78 is 46.9. The monoisotopic (exact) mass is 362 g/mol. The van der Waals surface area contributed by atoms with Crippen molar-refractivity contribution in [1.29, 1.82) is 0 Å². The number of benzene rings is 2. The van der Waals surface area contributed by atoms with Gasteiger partial charge < -0.3 is 14.2 Å². The fourth-order valence-corrected chi connectivity index (χ4v) is 3.81. The summed E-state index contributed by atoms with van der Waals surface area (Å²) in [6, 6.07) is 10.2. The molecule has 0 spiro atoms. The van der Waals surface area contributed by atoms with E-state index in [2.05, 4.69) is 0 Å². The summed E-state index contributed by atoms with van der Waals surface area (Å²) in [5.74, 6) is 2.07. The molecule has 0 fully saturated rings. The highest BCUT2D eigenvalue weighted by Gasteiger charge is 2.29. The highest BCUT2D eigenvalue weighted by molar-refractivity contribution is 7.86. The summed E-state index contributed by atoms with van der Waals surface area (Å²) >= 11 is 0. The van der Waals surface area contributed by atoms with Gasteiger partial charge in [-0.1, -0.05) is 17.7 Å². The van der Waals surface area contributed by atoms with Crippen LogP contribution in [-0.4, -0.2) is 34.3 Å². The molecule has 2 aromatic carbocycles. The van der Waals surface area contributed by atoms with E-state index in [1.807, 2.05) is 13.0 Å². The van der Waals surface area contributed by atoms with Crippen molar-refractivity contribution in [2.24, 2.45) is 0 Å². The van der Waals surface area contributed by atoms with E-state index in [1.165, 1.54) is 12.1 Å². The molecule has 4 rings (SSSR count). The predicted molar refractivity (Wildman–Crippen MR) is 89.9 cm³/mol. The Morgan fingerprint density at radius 3 is 2.64 bits per heavy atom. The van der Waals surface area contributed by atoms with Crippen LogP contribution in [0.4, 0.5) is 0 Å². The molecule has 0 saturated carbocycles. The van der Waals surface area contributed by atoms with Crippen molar-refractivity contribution in [1.82, 2.24) is 0 Å². The van der Waals surface area contributed by atoms with Crippen molar-refractivity contribution in [3.8, 4) is 17.2 Å². The Bertz CT molecular complexity index is 889. The van der Waals surface area contributed by atoms with Gasteiger partial charge in [0, 0.05) is 12.0 Å². The molecule has 0 aliphatic carbocycles. The average Bonchev–Trinajstić information content (AvgIpc) is 3.09. The van der Waals surface area contributed by atoms with Crippen LogP contribution in [0.2, 0.25) is 0 Å². The van der Waals surface area contributed by atoms with Crippen LogP contribution in [0.1, 0.15) is 11.1 Å². The van der Waals surface area contributed by atoms with E-state index in [-0.39, 0.29) is 18.1 Å². The third-order valence-electron chi connectivity index (χ3n) is 4.22. The highest BCUT2D eigenvalue weighted by Crippen LogP contribution is 2.43. The van der Waals surface area contributed by atoms with Crippen molar-refractivity contribution >= 4 is 10.1 Å². The third-order valence-corrected chi connectivity index (χ3v) is 5.51. The third kappa shape index (κ3) is 3.17. The van der Waals surface area contributed by atoms with Crippen LogP contribution in [0.5, 0.6) is 17.2 Å². The molecule has 132 valence electrons. The minimum absolute atomic E-state index is 0.111. The molecule has 0 bridgehead atoms. The number of ether oxygens (including phenoxy) is 3. The number of aryl methyl sites for hydroxylation is 1.